The summed E-state index contributed by atoms with van der Waals surface area (Å²) in [5.41, 5.74) is 1.93. The fraction of sp³-hybridized carbons (Fsp3) is 0.150. The standard InChI is InChI=1S/C20H17N3O3S/c1-23-16-9-5-4-8-15(16)22-19(23)14(11-21)17(24)12-26-20(25)13-7-3-6-10-18(13)27-2/h3-10,24H,12H2,1-2H3/b17-14-. The number of nitrogens with zero attached hydrogens (tertiary/aromatic N) is 3. The van der Waals surface area contributed by atoms with Gasteiger partial charge in [-0.05, 0) is 30.5 Å². The van der Waals surface area contributed by atoms with Gasteiger partial charge in [0.25, 0.3) is 0 Å². The van der Waals surface area contributed by atoms with E-state index < -0.39 is 12.6 Å². The molecule has 0 unspecified atom stereocenters. The number of carbonyl (C=O) groups excluding carboxylic acids is 1. The van der Waals surface area contributed by atoms with Crippen molar-refractivity contribution in [3.05, 3.63) is 65.7 Å². The van der Waals surface area contributed by atoms with Crippen molar-refractivity contribution >= 4 is 34.3 Å². The van der Waals surface area contributed by atoms with Crippen LogP contribution >= 0.6 is 11.8 Å². The van der Waals surface area contributed by atoms with E-state index in [1.54, 1.807) is 23.7 Å². The number of nitriles is 1. The molecule has 0 spiro atoms. The average Bonchev–Trinajstić information content (AvgIpc) is 3.03. The molecule has 0 amide bonds. The highest BCUT2D eigenvalue weighted by Crippen LogP contribution is 2.23. The first-order chi connectivity index (χ1) is 13.1. The van der Waals surface area contributed by atoms with E-state index in [0.717, 1.165) is 10.4 Å². The first-order valence-electron chi connectivity index (χ1n) is 8.11. The van der Waals surface area contributed by atoms with E-state index in [1.807, 2.05) is 48.7 Å². The maximum Gasteiger partial charge on any atom is 0.339 e. The molecule has 2 aromatic carbocycles. The van der Waals surface area contributed by atoms with Crippen molar-refractivity contribution < 1.29 is 14.6 Å². The average molecular weight is 379 g/mol. The molecular weight excluding hydrogens is 362 g/mol. The van der Waals surface area contributed by atoms with Gasteiger partial charge in [0.05, 0.1) is 16.6 Å². The summed E-state index contributed by atoms with van der Waals surface area (Å²) in [6, 6.07) is 16.4. The number of imidazole rings is 1. The van der Waals surface area contributed by atoms with Crippen molar-refractivity contribution in [2.45, 2.75) is 4.90 Å². The lowest BCUT2D eigenvalue weighted by Gasteiger charge is -2.09. The molecule has 1 N–H and O–H groups in total. The molecular formula is C20H17N3O3S. The summed E-state index contributed by atoms with van der Waals surface area (Å²) in [5.74, 6) is -0.587. The van der Waals surface area contributed by atoms with E-state index in [1.165, 1.54) is 11.8 Å². The van der Waals surface area contributed by atoms with Crippen molar-refractivity contribution in [3.63, 3.8) is 0 Å². The number of aryl methyl sites for hydroxylation is 1. The summed E-state index contributed by atoms with van der Waals surface area (Å²) in [6.07, 6.45) is 1.86. The van der Waals surface area contributed by atoms with Gasteiger partial charge in [-0.2, -0.15) is 5.26 Å². The van der Waals surface area contributed by atoms with Crippen molar-refractivity contribution in [2.24, 2.45) is 7.05 Å². The van der Waals surface area contributed by atoms with Crippen molar-refractivity contribution in [1.29, 1.82) is 5.26 Å². The lowest BCUT2D eigenvalue weighted by molar-refractivity contribution is 0.0498. The molecule has 6 nitrogen and oxygen atoms in total. The molecule has 0 saturated heterocycles. The fourth-order valence-electron chi connectivity index (χ4n) is 2.71. The number of allylic oxidation sites excluding steroid dienone is 1. The Morgan fingerprint density at radius 3 is 2.67 bits per heavy atom. The number of para-hydroxylation sites is 2. The Labute approximate surface area is 160 Å². The van der Waals surface area contributed by atoms with E-state index >= 15 is 0 Å². The summed E-state index contributed by atoms with van der Waals surface area (Å²) in [7, 11) is 1.76. The third-order valence-corrected chi connectivity index (χ3v) is 4.87. The first-order valence-corrected chi connectivity index (χ1v) is 9.33. The Balaban J connectivity index is 1.86. The largest absolute Gasteiger partial charge is 0.507 e. The SMILES string of the molecule is CSc1ccccc1C(=O)OC/C(O)=C(\C#N)c1nc2ccccc2n1C. The maximum atomic E-state index is 12.3. The monoisotopic (exact) mass is 379 g/mol. The molecule has 27 heavy (non-hydrogen) atoms. The molecule has 1 heterocycles. The lowest BCUT2D eigenvalue weighted by atomic mass is 10.2. The van der Waals surface area contributed by atoms with Crippen LogP contribution < -0.4 is 0 Å². The maximum absolute atomic E-state index is 12.3. The minimum Gasteiger partial charge on any atom is -0.507 e. The Hall–Kier alpha value is -3.24. The second-order valence-corrected chi connectivity index (χ2v) is 6.54. The minimum atomic E-state index is -0.561. The van der Waals surface area contributed by atoms with Gasteiger partial charge in [0.2, 0.25) is 0 Å². The summed E-state index contributed by atoms with van der Waals surface area (Å²) >= 11 is 1.43. The topological polar surface area (TPSA) is 88.1 Å². The van der Waals surface area contributed by atoms with E-state index in [0.29, 0.717) is 16.9 Å². The van der Waals surface area contributed by atoms with Crippen LogP contribution in [-0.2, 0) is 11.8 Å². The molecule has 0 aliphatic heterocycles. The first kappa shape index (κ1) is 18.5. The van der Waals surface area contributed by atoms with Crippen LogP contribution in [0.2, 0.25) is 0 Å². The quantitative estimate of drug-likeness (QED) is 0.313. The van der Waals surface area contributed by atoms with Crippen LogP contribution in [0.25, 0.3) is 16.6 Å². The van der Waals surface area contributed by atoms with Gasteiger partial charge in [-0.25, -0.2) is 9.78 Å². The van der Waals surface area contributed by atoms with Crippen LogP contribution in [0, 0.1) is 11.3 Å². The van der Waals surface area contributed by atoms with Gasteiger partial charge in [0, 0.05) is 11.9 Å². The van der Waals surface area contributed by atoms with Gasteiger partial charge < -0.3 is 14.4 Å². The molecule has 0 aliphatic carbocycles. The highest BCUT2D eigenvalue weighted by atomic mass is 32.2. The van der Waals surface area contributed by atoms with Gasteiger partial charge in [-0.15, -0.1) is 11.8 Å². The van der Waals surface area contributed by atoms with Crippen LogP contribution in [0.5, 0.6) is 0 Å². The molecule has 136 valence electrons. The number of aliphatic hydroxyl groups excluding tert-OH is 1. The van der Waals surface area contributed by atoms with Crippen LogP contribution in [-0.4, -0.2) is 33.5 Å². The molecule has 0 bridgehead atoms. The van der Waals surface area contributed by atoms with Crippen LogP contribution in [0.15, 0.2) is 59.2 Å². The van der Waals surface area contributed by atoms with Gasteiger partial charge >= 0.3 is 5.97 Å². The zero-order valence-corrected chi connectivity index (χ0v) is 15.7. The minimum absolute atomic E-state index is 0.0281. The predicted molar refractivity (Wildman–Crippen MR) is 104 cm³/mol. The third-order valence-electron chi connectivity index (χ3n) is 4.08. The Kier molecular flexibility index (Phi) is 5.48. The van der Waals surface area contributed by atoms with Crippen LogP contribution in [0.1, 0.15) is 16.2 Å². The number of hydrogen-bond donors (Lipinski definition) is 1. The molecule has 0 aliphatic rings. The third kappa shape index (κ3) is 3.66. The zero-order valence-electron chi connectivity index (χ0n) is 14.8. The van der Waals surface area contributed by atoms with Gasteiger partial charge in [-0.3, -0.25) is 0 Å². The molecule has 3 aromatic rings. The van der Waals surface area contributed by atoms with E-state index in [9.17, 15) is 15.2 Å². The number of rotatable bonds is 5. The number of esters is 1. The fourth-order valence-corrected chi connectivity index (χ4v) is 3.30. The van der Waals surface area contributed by atoms with Gasteiger partial charge in [0.1, 0.15) is 18.2 Å². The number of carbonyl (C=O) groups is 1. The summed E-state index contributed by atoms with van der Waals surface area (Å²) in [6.45, 7) is -0.409. The number of aromatic nitrogens is 2. The second kappa shape index (κ2) is 7.98. The predicted octanol–water partition coefficient (Wildman–Crippen LogP) is 3.94. The smallest absolute Gasteiger partial charge is 0.339 e. The normalized spacial score (nSPS) is 11.7. The highest BCUT2D eigenvalue weighted by Gasteiger charge is 2.18. The highest BCUT2D eigenvalue weighted by molar-refractivity contribution is 7.98. The summed E-state index contributed by atoms with van der Waals surface area (Å²) in [4.78, 5) is 17.5. The summed E-state index contributed by atoms with van der Waals surface area (Å²) in [5, 5.41) is 19.9. The van der Waals surface area contributed by atoms with E-state index in [2.05, 4.69) is 4.98 Å². The van der Waals surface area contributed by atoms with Crippen LogP contribution in [0.3, 0.4) is 0 Å². The number of fused-ring (bicyclic) bond motifs is 1. The molecule has 0 atom stereocenters. The zero-order chi connectivity index (χ0) is 19.4. The number of aliphatic hydroxyl groups is 1. The number of hydrogen-bond acceptors (Lipinski definition) is 6. The summed E-state index contributed by atoms with van der Waals surface area (Å²) < 4.78 is 6.92. The van der Waals surface area contributed by atoms with Crippen LogP contribution in [0.4, 0.5) is 0 Å². The van der Waals surface area contributed by atoms with Gasteiger partial charge in [-0.1, -0.05) is 24.3 Å². The molecule has 1 aromatic heterocycles. The van der Waals surface area contributed by atoms with Crippen molar-refractivity contribution in [2.75, 3.05) is 12.9 Å². The molecule has 0 fully saturated rings. The molecule has 7 heteroatoms. The van der Waals surface area contributed by atoms with E-state index in [4.69, 9.17) is 4.74 Å². The lowest BCUT2D eigenvalue weighted by Crippen LogP contribution is -2.11. The molecule has 3 rings (SSSR count). The molecule has 0 radical (unpaired) electrons. The number of ether oxygens (including phenoxy) is 1. The van der Waals surface area contributed by atoms with Crippen molar-refractivity contribution in [1.82, 2.24) is 9.55 Å². The second-order valence-electron chi connectivity index (χ2n) is 5.69. The number of thioether (sulfide) groups is 1. The number of benzene rings is 2. The Morgan fingerprint density at radius 1 is 1.26 bits per heavy atom. The van der Waals surface area contributed by atoms with Gasteiger partial charge in [0.15, 0.2) is 11.6 Å². The van der Waals surface area contributed by atoms with E-state index in [-0.39, 0.29) is 11.3 Å². The Morgan fingerprint density at radius 2 is 1.96 bits per heavy atom. The van der Waals surface area contributed by atoms with Crippen molar-refractivity contribution in [3.8, 4) is 6.07 Å². The molecule has 0 saturated carbocycles. The Bertz CT molecular complexity index is 1080.